The quantitative estimate of drug-likeness (QED) is 0.780. The van der Waals surface area contributed by atoms with Crippen LogP contribution >= 0.6 is 0 Å². The van der Waals surface area contributed by atoms with E-state index in [-0.39, 0.29) is 17.7 Å². The molecule has 0 radical (unpaired) electrons. The molecule has 0 saturated heterocycles. The Kier molecular flexibility index (Phi) is 5.12. The predicted octanol–water partition coefficient (Wildman–Crippen LogP) is 1.76. The zero-order valence-electron chi connectivity index (χ0n) is 12.5. The highest BCUT2D eigenvalue weighted by Crippen LogP contribution is 2.20. The summed E-state index contributed by atoms with van der Waals surface area (Å²) in [6, 6.07) is 4.99. The Morgan fingerprint density at radius 1 is 1.43 bits per heavy atom. The fraction of sp³-hybridized carbons (Fsp3) is 0.286. The number of ether oxygens (including phenoxy) is 1. The molecule has 7 nitrogen and oxygen atoms in total. The van der Waals surface area contributed by atoms with Crippen molar-refractivity contribution in [3.05, 3.63) is 47.4 Å². The molecule has 0 unspecified atom stereocenters. The smallest absolute Gasteiger partial charge is 0.342 e. The molecule has 0 amide bonds. The van der Waals surface area contributed by atoms with Crippen LogP contribution in [0.25, 0.3) is 0 Å². The topological polar surface area (TPSA) is 101 Å². The van der Waals surface area contributed by atoms with Gasteiger partial charge in [-0.15, -0.1) is 0 Å². The number of esters is 1. The minimum absolute atomic E-state index is 0.0998. The molecule has 0 aliphatic carbocycles. The van der Waals surface area contributed by atoms with Crippen LogP contribution in [0, 0.1) is 5.82 Å². The zero-order valence-corrected chi connectivity index (χ0v) is 13.4. The SMILES string of the molecule is CCOC(=O)c1cn[nH]c1S(=O)(=O)N[C@H](C)c1ccccc1F. The van der Waals surface area contributed by atoms with Gasteiger partial charge in [0.15, 0.2) is 5.03 Å². The van der Waals surface area contributed by atoms with Crippen molar-refractivity contribution in [3.63, 3.8) is 0 Å². The molecule has 2 rings (SSSR count). The van der Waals surface area contributed by atoms with E-state index in [1.54, 1.807) is 13.0 Å². The maximum Gasteiger partial charge on any atom is 0.342 e. The Morgan fingerprint density at radius 3 is 2.78 bits per heavy atom. The Hall–Kier alpha value is -2.26. The molecule has 2 N–H and O–H groups in total. The summed E-state index contributed by atoms with van der Waals surface area (Å²) in [6.45, 7) is 3.20. The second-order valence-electron chi connectivity index (χ2n) is 4.70. The average Bonchev–Trinajstić information content (AvgIpc) is 2.98. The van der Waals surface area contributed by atoms with Gasteiger partial charge < -0.3 is 4.74 Å². The minimum Gasteiger partial charge on any atom is -0.462 e. The third kappa shape index (κ3) is 3.74. The van der Waals surface area contributed by atoms with Gasteiger partial charge in [-0.1, -0.05) is 18.2 Å². The van der Waals surface area contributed by atoms with Crippen molar-refractivity contribution in [2.24, 2.45) is 0 Å². The molecule has 1 atom stereocenters. The average molecular weight is 341 g/mol. The Bertz CT molecular complexity index is 804. The normalized spacial score (nSPS) is 12.8. The molecule has 0 bridgehead atoms. The van der Waals surface area contributed by atoms with Gasteiger partial charge in [0.1, 0.15) is 11.4 Å². The lowest BCUT2D eigenvalue weighted by Crippen LogP contribution is -2.29. The van der Waals surface area contributed by atoms with Crippen molar-refractivity contribution in [1.29, 1.82) is 0 Å². The van der Waals surface area contributed by atoms with Crippen LogP contribution in [-0.4, -0.2) is 31.2 Å². The summed E-state index contributed by atoms with van der Waals surface area (Å²) in [4.78, 5) is 11.7. The fourth-order valence-electron chi connectivity index (χ4n) is 2.01. The van der Waals surface area contributed by atoms with Gasteiger partial charge in [-0.25, -0.2) is 22.3 Å². The molecule has 9 heteroatoms. The van der Waals surface area contributed by atoms with Crippen molar-refractivity contribution in [2.75, 3.05) is 6.61 Å². The monoisotopic (exact) mass is 341 g/mol. The lowest BCUT2D eigenvalue weighted by molar-refractivity contribution is 0.0522. The van der Waals surface area contributed by atoms with Crippen molar-refractivity contribution >= 4 is 16.0 Å². The van der Waals surface area contributed by atoms with E-state index in [0.717, 1.165) is 6.20 Å². The number of aromatic amines is 1. The number of aromatic nitrogens is 2. The van der Waals surface area contributed by atoms with Crippen molar-refractivity contribution in [2.45, 2.75) is 24.9 Å². The first-order chi connectivity index (χ1) is 10.9. The predicted molar refractivity (Wildman–Crippen MR) is 79.7 cm³/mol. The van der Waals surface area contributed by atoms with Gasteiger partial charge in [0.2, 0.25) is 0 Å². The number of benzene rings is 1. The number of H-pyrrole nitrogens is 1. The number of halogens is 1. The van der Waals surface area contributed by atoms with E-state index >= 15 is 0 Å². The van der Waals surface area contributed by atoms with E-state index in [9.17, 15) is 17.6 Å². The molecule has 0 fully saturated rings. The minimum atomic E-state index is -4.11. The summed E-state index contributed by atoms with van der Waals surface area (Å²) in [5.74, 6) is -1.34. The number of hydrogen-bond acceptors (Lipinski definition) is 5. The Labute approximate surface area is 132 Å². The van der Waals surface area contributed by atoms with Gasteiger partial charge in [0, 0.05) is 11.6 Å². The molecule has 0 saturated carbocycles. The molecule has 1 heterocycles. The van der Waals surface area contributed by atoms with Crippen LogP contribution < -0.4 is 4.72 Å². The first-order valence-corrected chi connectivity index (χ1v) is 8.32. The van der Waals surface area contributed by atoms with Gasteiger partial charge in [-0.3, -0.25) is 5.10 Å². The molecule has 2 aromatic rings. The lowest BCUT2D eigenvalue weighted by Gasteiger charge is -2.15. The number of carbonyl (C=O) groups is 1. The number of carbonyl (C=O) groups excluding carboxylic acids is 1. The summed E-state index contributed by atoms with van der Waals surface area (Å²) in [5, 5.41) is 5.41. The fourth-order valence-corrected chi connectivity index (χ4v) is 3.32. The summed E-state index contributed by atoms with van der Waals surface area (Å²) < 4.78 is 45.6. The molecule has 23 heavy (non-hydrogen) atoms. The standard InChI is InChI=1S/C14H16FN3O4S/c1-3-22-14(19)11-8-16-17-13(11)23(20,21)18-9(2)10-6-4-5-7-12(10)15/h4-9,18H,3H2,1-2H3,(H,16,17)/t9-/m1/s1. The first-order valence-electron chi connectivity index (χ1n) is 6.84. The zero-order chi connectivity index (χ0) is 17.0. The number of nitrogens with zero attached hydrogens (tertiary/aromatic N) is 1. The molecular weight excluding hydrogens is 325 g/mol. The highest BCUT2D eigenvalue weighted by Gasteiger charge is 2.28. The largest absolute Gasteiger partial charge is 0.462 e. The molecular formula is C14H16FN3O4S. The van der Waals surface area contributed by atoms with Gasteiger partial charge in [-0.2, -0.15) is 5.10 Å². The second kappa shape index (κ2) is 6.88. The van der Waals surface area contributed by atoms with Crippen LogP contribution in [0.2, 0.25) is 0 Å². The number of rotatable bonds is 6. The van der Waals surface area contributed by atoms with Crippen molar-refractivity contribution in [3.8, 4) is 0 Å². The van der Waals surface area contributed by atoms with Crippen LogP contribution in [0.3, 0.4) is 0 Å². The van der Waals surface area contributed by atoms with Crippen LogP contribution in [-0.2, 0) is 14.8 Å². The van der Waals surface area contributed by atoms with Gasteiger partial charge in [-0.05, 0) is 19.9 Å². The third-order valence-electron chi connectivity index (χ3n) is 3.07. The van der Waals surface area contributed by atoms with Crippen LogP contribution in [0.1, 0.15) is 35.8 Å². The van der Waals surface area contributed by atoms with Gasteiger partial charge >= 0.3 is 5.97 Å². The molecule has 0 spiro atoms. The Morgan fingerprint density at radius 2 is 2.13 bits per heavy atom. The van der Waals surface area contributed by atoms with Crippen LogP contribution in [0.15, 0.2) is 35.5 Å². The van der Waals surface area contributed by atoms with E-state index < -0.39 is 32.9 Å². The lowest BCUT2D eigenvalue weighted by atomic mass is 10.1. The molecule has 0 aliphatic heterocycles. The summed E-state index contributed by atoms with van der Waals surface area (Å²) in [7, 11) is -4.11. The molecule has 0 aliphatic rings. The van der Waals surface area contributed by atoms with E-state index in [1.165, 1.54) is 25.1 Å². The summed E-state index contributed by atoms with van der Waals surface area (Å²) >= 11 is 0. The van der Waals surface area contributed by atoms with E-state index in [1.807, 2.05) is 0 Å². The maximum atomic E-state index is 13.7. The maximum absolute atomic E-state index is 13.7. The van der Waals surface area contributed by atoms with Crippen molar-refractivity contribution < 1.29 is 22.3 Å². The number of hydrogen-bond donors (Lipinski definition) is 2. The number of sulfonamides is 1. The van der Waals surface area contributed by atoms with E-state index in [0.29, 0.717) is 0 Å². The molecule has 1 aromatic carbocycles. The highest BCUT2D eigenvalue weighted by atomic mass is 32.2. The Balaban J connectivity index is 2.28. The highest BCUT2D eigenvalue weighted by molar-refractivity contribution is 7.89. The van der Waals surface area contributed by atoms with Crippen molar-refractivity contribution in [1.82, 2.24) is 14.9 Å². The van der Waals surface area contributed by atoms with Gasteiger partial charge in [0.25, 0.3) is 10.0 Å². The third-order valence-corrected chi connectivity index (χ3v) is 4.58. The molecule has 1 aromatic heterocycles. The van der Waals surface area contributed by atoms with E-state index in [4.69, 9.17) is 4.74 Å². The van der Waals surface area contributed by atoms with Crippen LogP contribution in [0.4, 0.5) is 4.39 Å². The summed E-state index contributed by atoms with van der Waals surface area (Å²) in [5.41, 5.74) is -0.0200. The number of nitrogens with one attached hydrogen (secondary N) is 2. The molecule has 124 valence electrons. The van der Waals surface area contributed by atoms with Crippen LogP contribution in [0.5, 0.6) is 0 Å². The first kappa shape index (κ1) is 17.1. The summed E-state index contributed by atoms with van der Waals surface area (Å²) in [6.07, 6.45) is 1.07. The second-order valence-corrected chi connectivity index (χ2v) is 6.35. The van der Waals surface area contributed by atoms with E-state index in [2.05, 4.69) is 14.9 Å². The van der Waals surface area contributed by atoms with Gasteiger partial charge in [0.05, 0.1) is 12.8 Å².